The van der Waals surface area contributed by atoms with E-state index in [1.165, 1.54) is 0 Å². The normalized spacial score (nSPS) is 16.8. The van der Waals surface area contributed by atoms with Crippen LogP contribution in [0.15, 0.2) is 65.7 Å². The highest BCUT2D eigenvalue weighted by molar-refractivity contribution is 5.96. The number of nitrogens with zero attached hydrogens (tertiary/aromatic N) is 5. The van der Waals surface area contributed by atoms with E-state index in [9.17, 15) is 9.59 Å². The first kappa shape index (κ1) is 24.4. The van der Waals surface area contributed by atoms with Crippen molar-refractivity contribution in [2.24, 2.45) is 5.92 Å². The molecule has 1 amide bonds. The molecule has 0 radical (unpaired) electrons. The van der Waals surface area contributed by atoms with Crippen molar-refractivity contribution >= 4 is 16.9 Å². The van der Waals surface area contributed by atoms with Gasteiger partial charge in [-0.25, -0.2) is 4.98 Å². The summed E-state index contributed by atoms with van der Waals surface area (Å²) in [7, 11) is 0. The molecule has 8 nitrogen and oxygen atoms in total. The predicted molar refractivity (Wildman–Crippen MR) is 145 cm³/mol. The lowest BCUT2D eigenvalue weighted by Gasteiger charge is -2.36. The summed E-state index contributed by atoms with van der Waals surface area (Å²) in [5.41, 5.74) is 1.60. The van der Waals surface area contributed by atoms with Crippen LogP contribution in [-0.2, 0) is 13.2 Å². The maximum atomic E-state index is 13.9. The molecule has 1 aliphatic carbocycles. The molecule has 1 aliphatic heterocycles. The van der Waals surface area contributed by atoms with E-state index < -0.39 is 5.56 Å². The molecule has 0 bridgehead atoms. The van der Waals surface area contributed by atoms with Gasteiger partial charge in [0.2, 0.25) is 5.75 Å². The van der Waals surface area contributed by atoms with Crippen molar-refractivity contribution < 1.29 is 9.53 Å². The Balaban J connectivity index is 1.52. The van der Waals surface area contributed by atoms with Crippen LogP contribution in [0.25, 0.3) is 11.0 Å². The highest BCUT2D eigenvalue weighted by Crippen LogP contribution is 2.40. The summed E-state index contributed by atoms with van der Waals surface area (Å²) in [6, 6.07) is 15.5. The van der Waals surface area contributed by atoms with E-state index in [1.54, 1.807) is 6.20 Å². The number of hydrogen-bond donors (Lipinski definition) is 0. The fraction of sp³-hybridized carbons (Fsp3) is 0.400. The predicted octanol–water partition coefficient (Wildman–Crippen LogP) is 4.82. The number of benzene rings is 1. The number of rotatable bonds is 7. The molecule has 1 atom stereocenters. The second-order valence-corrected chi connectivity index (χ2v) is 10.6. The van der Waals surface area contributed by atoms with Crippen LogP contribution in [0.4, 0.5) is 0 Å². The standard InChI is InChI=1S/C30H33N5O3/c1-20(2)33-17-18-35-25(30(33)37)26(38-19-21-9-4-3-5-10-21)29(36)32-28(35)24(22-11-6-7-12-22)34-16-14-23-13-8-15-31-27(23)34/h3-5,8-10,13-16,20,22,24H,6-7,11-12,17-19H2,1-2H3. The maximum Gasteiger partial charge on any atom is 0.316 e. The minimum Gasteiger partial charge on any atom is -0.481 e. The summed E-state index contributed by atoms with van der Waals surface area (Å²) in [5.74, 6) is 0.777. The molecule has 1 fully saturated rings. The zero-order valence-corrected chi connectivity index (χ0v) is 21.9. The largest absolute Gasteiger partial charge is 0.481 e. The quantitative estimate of drug-likeness (QED) is 0.355. The van der Waals surface area contributed by atoms with E-state index >= 15 is 0 Å². The Morgan fingerprint density at radius 2 is 1.79 bits per heavy atom. The molecular weight excluding hydrogens is 478 g/mol. The van der Waals surface area contributed by atoms with Crippen LogP contribution in [0.5, 0.6) is 5.75 Å². The minimum absolute atomic E-state index is 0.00756. The molecule has 0 spiro atoms. The summed E-state index contributed by atoms with van der Waals surface area (Å²) in [6.07, 6.45) is 8.21. The summed E-state index contributed by atoms with van der Waals surface area (Å²) in [5, 5.41) is 1.04. The third-order valence-corrected chi connectivity index (χ3v) is 7.94. The number of fused-ring (bicyclic) bond motifs is 2. The highest BCUT2D eigenvalue weighted by Gasteiger charge is 2.38. The van der Waals surface area contributed by atoms with E-state index in [0.29, 0.717) is 30.5 Å². The smallest absolute Gasteiger partial charge is 0.316 e. The Kier molecular flexibility index (Phi) is 6.47. The van der Waals surface area contributed by atoms with Gasteiger partial charge in [-0.3, -0.25) is 9.59 Å². The molecule has 1 unspecified atom stereocenters. The highest BCUT2D eigenvalue weighted by atomic mass is 16.5. The van der Waals surface area contributed by atoms with E-state index in [-0.39, 0.29) is 30.3 Å². The molecule has 4 aromatic rings. The van der Waals surface area contributed by atoms with Crippen LogP contribution in [0.1, 0.15) is 67.4 Å². The molecule has 6 rings (SSSR count). The topological polar surface area (TPSA) is 82.2 Å². The van der Waals surface area contributed by atoms with Crippen LogP contribution in [-0.4, -0.2) is 42.5 Å². The lowest BCUT2D eigenvalue weighted by molar-refractivity contribution is 0.0631. The molecule has 2 aliphatic rings. The molecule has 4 heterocycles. The van der Waals surface area contributed by atoms with E-state index in [0.717, 1.165) is 42.3 Å². The van der Waals surface area contributed by atoms with Gasteiger partial charge in [-0.2, -0.15) is 4.98 Å². The van der Waals surface area contributed by atoms with Gasteiger partial charge >= 0.3 is 5.56 Å². The maximum absolute atomic E-state index is 13.9. The lowest BCUT2D eigenvalue weighted by Crippen LogP contribution is -2.47. The monoisotopic (exact) mass is 511 g/mol. The van der Waals surface area contributed by atoms with Gasteiger partial charge in [-0.1, -0.05) is 43.2 Å². The first-order valence-electron chi connectivity index (χ1n) is 13.6. The van der Waals surface area contributed by atoms with Crippen LogP contribution in [0.3, 0.4) is 0 Å². The molecular formula is C30H33N5O3. The average Bonchev–Trinajstić information content (AvgIpc) is 3.60. The Hall–Kier alpha value is -3.94. The van der Waals surface area contributed by atoms with Gasteiger partial charge < -0.3 is 18.8 Å². The molecule has 0 N–H and O–H groups in total. The Morgan fingerprint density at radius 3 is 2.55 bits per heavy atom. The summed E-state index contributed by atoms with van der Waals surface area (Å²) in [4.78, 5) is 38.7. The van der Waals surface area contributed by atoms with Crippen LogP contribution in [0.2, 0.25) is 0 Å². The van der Waals surface area contributed by atoms with Gasteiger partial charge in [0.15, 0.2) is 5.69 Å². The summed E-state index contributed by atoms with van der Waals surface area (Å²) < 4.78 is 10.2. The molecule has 8 heteroatoms. The van der Waals surface area contributed by atoms with Crippen molar-refractivity contribution in [3.8, 4) is 5.75 Å². The van der Waals surface area contributed by atoms with Crippen molar-refractivity contribution in [2.45, 2.75) is 64.8 Å². The van der Waals surface area contributed by atoms with Crippen molar-refractivity contribution in [1.29, 1.82) is 0 Å². The van der Waals surface area contributed by atoms with Crippen molar-refractivity contribution in [2.75, 3.05) is 6.54 Å². The molecule has 0 saturated heterocycles. The summed E-state index contributed by atoms with van der Waals surface area (Å²) >= 11 is 0. The van der Waals surface area contributed by atoms with Gasteiger partial charge in [0.25, 0.3) is 5.91 Å². The van der Waals surface area contributed by atoms with Gasteiger partial charge in [-0.15, -0.1) is 0 Å². The molecule has 196 valence electrons. The molecule has 38 heavy (non-hydrogen) atoms. The van der Waals surface area contributed by atoms with Crippen LogP contribution in [0, 0.1) is 5.92 Å². The van der Waals surface area contributed by atoms with Crippen LogP contribution < -0.4 is 10.3 Å². The molecule has 1 saturated carbocycles. The number of hydrogen-bond acceptors (Lipinski definition) is 5. The zero-order valence-electron chi connectivity index (χ0n) is 21.9. The Bertz CT molecular complexity index is 1520. The first-order chi connectivity index (χ1) is 18.5. The number of ether oxygens (including phenoxy) is 1. The fourth-order valence-electron chi connectivity index (χ4n) is 6.06. The fourth-order valence-corrected chi connectivity index (χ4v) is 6.06. The van der Waals surface area contributed by atoms with Crippen LogP contribution >= 0.6 is 0 Å². The van der Waals surface area contributed by atoms with Crippen molar-refractivity contribution in [3.63, 3.8) is 0 Å². The zero-order chi connectivity index (χ0) is 26.2. The van der Waals surface area contributed by atoms with Gasteiger partial charge in [0, 0.05) is 36.9 Å². The molecule has 3 aromatic heterocycles. The van der Waals surface area contributed by atoms with Gasteiger partial charge in [0.05, 0.1) is 6.04 Å². The van der Waals surface area contributed by atoms with Crippen molar-refractivity contribution in [1.82, 2.24) is 24.0 Å². The number of amides is 1. The lowest BCUT2D eigenvalue weighted by atomic mass is 9.96. The van der Waals surface area contributed by atoms with Gasteiger partial charge in [-0.05, 0) is 56.4 Å². The van der Waals surface area contributed by atoms with Crippen molar-refractivity contribution in [3.05, 3.63) is 88.4 Å². The third-order valence-electron chi connectivity index (χ3n) is 7.94. The first-order valence-corrected chi connectivity index (χ1v) is 13.6. The number of carbonyl (C=O) groups excluding carboxylic acids is 1. The Labute approximate surface area is 221 Å². The molecule has 1 aromatic carbocycles. The second kappa shape index (κ2) is 10.1. The number of pyridine rings is 1. The Morgan fingerprint density at radius 1 is 1.00 bits per heavy atom. The third kappa shape index (κ3) is 4.27. The number of carbonyl (C=O) groups is 1. The number of aromatic nitrogens is 4. The van der Waals surface area contributed by atoms with Gasteiger partial charge in [0.1, 0.15) is 18.1 Å². The van der Waals surface area contributed by atoms with E-state index in [4.69, 9.17) is 4.74 Å². The summed E-state index contributed by atoms with van der Waals surface area (Å²) in [6.45, 7) is 5.30. The van der Waals surface area contributed by atoms with E-state index in [2.05, 4.69) is 20.6 Å². The minimum atomic E-state index is -0.492. The van der Waals surface area contributed by atoms with E-state index in [1.807, 2.05) is 72.0 Å². The SMILES string of the molecule is CC(C)N1CCn2c(C(C3CCCC3)n3ccc4cccnc43)nc(=O)c(OCc3ccccc3)c2C1=O. The average molecular weight is 512 g/mol. The second-order valence-electron chi connectivity index (χ2n) is 10.6.